The highest BCUT2D eigenvalue weighted by Crippen LogP contribution is 2.26. The molecule has 0 aromatic carbocycles. The van der Waals surface area contributed by atoms with Gasteiger partial charge in [0.05, 0.1) is 5.45 Å². The van der Waals surface area contributed by atoms with E-state index in [1.807, 2.05) is 0 Å². The Morgan fingerprint density at radius 2 is 2.00 bits per heavy atom. The molecule has 0 aromatic heterocycles. The molecule has 1 fully saturated rings. The minimum atomic E-state index is 0.944. The summed E-state index contributed by atoms with van der Waals surface area (Å²) >= 11 is 3.35. The van der Waals surface area contributed by atoms with Crippen LogP contribution >= 0.6 is 15.9 Å². The Morgan fingerprint density at radius 3 is 2.60 bits per heavy atom. The van der Waals surface area contributed by atoms with Crippen molar-refractivity contribution in [3.8, 4) is 0 Å². The Labute approximate surface area is 71.7 Å². The molecule has 10 heavy (non-hydrogen) atoms. The van der Waals surface area contributed by atoms with Crippen LogP contribution in [0.2, 0.25) is 0 Å². The highest BCUT2D eigenvalue weighted by molar-refractivity contribution is 9.09. The van der Waals surface area contributed by atoms with Gasteiger partial charge in [-0.25, -0.2) is 0 Å². The van der Waals surface area contributed by atoms with Gasteiger partial charge in [0, 0.05) is 0 Å². The molecule has 0 amide bonds. The van der Waals surface area contributed by atoms with Crippen LogP contribution < -0.4 is 5.32 Å². The van der Waals surface area contributed by atoms with E-state index in [9.17, 15) is 0 Å². The van der Waals surface area contributed by atoms with E-state index in [1.165, 1.54) is 38.6 Å². The van der Waals surface area contributed by atoms with Crippen LogP contribution in [-0.2, 0) is 0 Å². The van der Waals surface area contributed by atoms with Crippen molar-refractivity contribution in [3.05, 3.63) is 0 Å². The lowest BCUT2D eigenvalue weighted by molar-refractivity contribution is 0.489. The third kappa shape index (κ3) is 3.02. The quantitative estimate of drug-likeness (QED) is 0.423. The predicted molar refractivity (Wildman–Crippen MR) is 48.4 cm³/mol. The molecular weight excluding hydrogens is 190 g/mol. The molecule has 0 radical (unpaired) electrons. The maximum atomic E-state index is 3.35. The van der Waals surface area contributed by atoms with Crippen molar-refractivity contribution in [3.63, 3.8) is 0 Å². The molecule has 1 N–H and O–H groups in total. The standard InChI is InChI=1S/C8H16BrN/c9-7-10-6-5-8-3-1-2-4-8/h8,10H,1-7H2. The van der Waals surface area contributed by atoms with Crippen molar-refractivity contribution in [2.24, 2.45) is 5.92 Å². The molecule has 1 aliphatic rings. The molecule has 1 aliphatic carbocycles. The Morgan fingerprint density at radius 1 is 1.30 bits per heavy atom. The Balaban J connectivity index is 1.91. The van der Waals surface area contributed by atoms with E-state index >= 15 is 0 Å². The van der Waals surface area contributed by atoms with Gasteiger partial charge in [0.1, 0.15) is 0 Å². The fraction of sp³-hybridized carbons (Fsp3) is 1.00. The van der Waals surface area contributed by atoms with E-state index in [0.717, 1.165) is 11.4 Å². The van der Waals surface area contributed by atoms with Gasteiger partial charge in [-0.15, -0.1) is 0 Å². The van der Waals surface area contributed by atoms with E-state index in [2.05, 4.69) is 21.2 Å². The second-order valence-corrected chi connectivity index (χ2v) is 3.63. The number of halogens is 1. The van der Waals surface area contributed by atoms with Crippen LogP contribution in [0.1, 0.15) is 32.1 Å². The zero-order chi connectivity index (χ0) is 7.23. The minimum absolute atomic E-state index is 0.944. The highest BCUT2D eigenvalue weighted by atomic mass is 79.9. The van der Waals surface area contributed by atoms with Crippen LogP contribution in [-0.4, -0.2) is 12.0 Å². The molecule has 0 bridgehead atoms. The van der Waals surface area contributed by atoms with Crippen molar-refractivity contribution in [2.45, 2.75) is 32.1 Å². The van der Waals surface area contributed by atoms with Crippen molar-refractivity contribution in [2.75, 3.05) is 12.0 Å². The molecule has 1 saturated carbocycles. The molecule has 0 aromatic rings. The SMILES string of the molecule is BrCNCCC1CCCC1. The maximum Gasteiger partial charge on any atom is 0.0517 e. The first-order chi connectivity index (χ1) is 4.93. The van der Waals surface area contributed by atoms with Gasteiger partial charge in [-0.1, -0.05) is 41.6 Å². The third-order valence-corrected chi connectivity index (χ3v) is 2.70. The van der Waals surface area contributed by atoms with E-state index < -0.39 is 0 Å². The first kappa shape index (κ1) is 8.54. The molecule has 0 unspecified atom stereocenters. The lowest BCUT2D eigenvalue weighted by atomic mass is 10.0. The highest BCUT2D eigenvalue weighted by Gasteiger charge is 2.13. The van der Waals surface area contributed by atoms with Crippen LogP contribution in [0.3, 0.4) is 0 Å². The predicted octanol–water partition coefficient (Wildman–Crippen LogP) is 2.51. The normalized spacial score (nSPS) is 20.1. The van der Waals surface area contributed by atoms with Gasteiger partial charge in [-0.3, -0.25) is 0 Å². The van der Waals surface area contributed by atoms with Crippen LogP contribution in [0, 0.1) is 5.92 Å². The van der Waals surface area contributed by atoms with Gasteiger partial charge < -0.3 is 5.32 Å². The molecule has 0 saturated heterocycles. The second kappa shape index (κ2) is 5.14. The van der Waals surface area contributed by atoms with Gasteiger partial charge in [0.2, 0.25) is 0 Å². The fourth-order valence-electron chi connectivity index (χ4n) is 1.67. The summed E-state index contributed by atoms with van der Waals surface area (Å²) in [4.78, 5) is 0. The lowest BCUT2D eigenvalue weighted by Gasteiger charge is -2.07. The molecule has 1 nitrogen and oxygen atoms in total. The Kier molecular flexibility index (Phi) is 4.39. The summed E-state index contributed by atoms with van der Waals surface area (Å²) in [5.74, 6) is 1.03. The summed E-state index contributed by atoms with van der Waals surface area (Å²) in [7, 11) is 0. The zero-order valence-corrected chi connectivity index (χ0v) is 7.99. The number of hydrogen-bond acceptors (Lipinski definition) is 1. The molecule has 1 rings (SSSR count). The number of nitrogens with one attached hydrogen (secondary N) is 1. The number of rotatable bonds is 4. The molecular formula is C8H16BrN. The van der Waals surface area contributed by atoms with Crippen molar-refractivity contribution in [1.29, 1.82) is 0 Å². The van der Waals surface area contributed by atoms with E-state index in [0.29, 0.717) is 0 Å². The summed E-state index contributed by atoms with van der Waals surface area (Å²) in [6.07, 6.45) is 7.28. The summed E-state index contributed by atoms with van der Waals surface area (Å²) in [6.45, 7) is 1.19. The molecule has 2 heteroatoms. The summed E-state index contributed by atoms with van der Waals surface area (Å²) in [6, 6.07) is 0. The molecule has 0 heterocycles. The van der Waals surface area contributed by atoms with E-state index in [-0.39, 0.29) is 0 Å². The molecule has 60 valence electrons. The first-order valence-corrected chi connectivity index (χ1v) is 5.32. The summed E-state index contributed by atoms with van der Waals surface area (Å²) in [5, 5.41) is 3.29. The van der Waals surface area contributed by atoms with Gasteiger partial charge in [0.15, 0.2) is 0 Å². The topological polar surface area (TPSA) is 12.0 Å². The summed E-state index contributed by atoms with van der Waals surface area (Å²) in [5.41, 5.74) is 0.944. The third-order valence-electron chi connectivity index (χ3n) is 2.30. The van der Waals surface area contributed by atoms with Gasteiger partial charge >= 0.3 is 0 Å². The number of alkyl halides is 1. The smallest absolute Gasteiger partial charge is 0.0517 e. The number of hydrogen-bond donors (Lipinski definition) is 1. The molecule has 0 spiro atoms. The van der Waals surface area contributed by atoms with Gasteiger partial charge in [-0.05, 0) is 18.9 Å². The van der Waals surface area contributed by atoms with Crippen molar-refractivity contribution >= 4 is 15.9 Å². The largest absolute Gasteiger partial charge is 0.307 e. The maximum absolute atomic E-state index is 3.35. The van der Waals surface area contributed by atoms with Gasteiger partial charge in [-0.2, -0.15) is 0 Å². The Hall–Kier alpha value is 0.440. The van der Waals surface area contributed by atoms with Crippen LogP contribution in [0.5, 0.6) is 0 Å². The molecule has 0 aliphatic heterocycles. The second-order valence-electron chi connectivity index (χ2n) is 3.07. The summed E-state index contributed by atoms with van der Waals surface area (Å²) < 4.78 is 0. The average Bonchev–Trinajstić information content (AvgIpc) is 2.41. The molecule has 0 atom stereocenters. The van der Waals surface area contributed by atoms with Gasteiger partial charge in [0.25, 0.3) is 0 Å². The average molecular weight is 206 g/mol. The zero-order valence-electron chi connectivity index (χ0n) is 6.41. The van der Waals surface area contributed by atoms with E-state index in [4.69, 9.17) is 0 Å². The minimum Gasteiger partial charge on any atom is -0.307 e. The van der Waals surface area contributed by atoms with Crippen molar-refractivity contribution < 1.29 is 0 Å². The van der Waals surface area contributed by atoms with Crippen molar-refractivity contribution in [1.82, 2.24) is 5.32 Å². The van der Waals surface area contributed by atoms with Crippen LogP contribution in [0.15, 0.2) is 0 Å². The van der Waals surface area contributed by atoms with E-state index in [1.54, 1.807) is 0 Å². The lowest BCUT2D eigenvalue weighted by Crippen LogP contribution is -2.14. The first-order valence-electron chi connectivity index (χ1n) is 4.20. The van der Waals surface area contributed by atoms with Crippen LogP contribution in [0.25, 0.3) is 0 Å². The monoisotopic (exact) mass is 205 g/mol. The fourth-order valence-corrected chi connectivity index (χ4v) is 1.95. The Bertz CT molecular complexity index is 79.3. The van der Waals surface area contributed by atoms with Crippen LogP contribution in [0.4, 0.5) is 0 Å².